The lowest BCUT2D eigenvalue weighted by molar-refractivity contribution is 0.102. The molecule has 4 heteroatoms. The van der Waals surface area contributed by atoms with Gasteiger partial charge >= 0.3 is 0 Å². The summed E-state index contributed by atoms with van der Waals surface area (Å²) < 4.78 is 23.9. The van der Waals surface area contributed by atoms with Gasteiger partial charge in [-0.3, -0.25) is 4.79 Å². The lowest BCUT2D eigenvalue weighted by Crippen LogP contribution is -2.24. The third kappa shape index (κ3) is 1.59. The zero-order valence-electron chi connectivity index (χ0n) is 9.15. The number of fused-ring (bicyclic) bond motifs is 1. The topological polar surface area (TPSA) is 51.2 Å². The number of carbonyl (C=O) groups is 1. The highest BCUT2D eigenvalue weighted by atomic mass is 32.2. The Morgan fingerprint density at radius 1 is 1.19 bits per heavy atom. The number of allylic oxidation sites excluding steroid dienone is 1. The number of ketones is 1. The number of sulfone groups is 1. The van der Waals surface area contributed by atoms with Crippen molar-refractivity contribution in [2.24, 2.45) is 0 Å². The molecule has 0 aliphatic carbocycles. The summed E-state index contributed by atoms with van der Waals surface area (Å²) in [6.45, 7) is 3.52. The number of carbonyl (C=O) groups excluding carboxylic acids is 1. The molecule has 16 heavy (non-hydrogen) atoms. The van der Waals surface area contributed by atoms with Crippen molar-refractivity contribution >= 4 is 15.6 Å². The maximum atomic E-state index is 12.0. The molecule has 0 spiro atoms. The lowest BCUT2D eigenvalue weighted by Gasteiger charge is -2.18. The molecule has 0 atom stereocenters. The molecule has 1 heterocycles. The van der Waals surface area contributed by atoms with E-state index < -0.39 is 9.84 Å². The Balaban J connectivity index is 2.78. The minimum Gasteiger partial charge on any atom is -0.289 e. The molecule has 0 unspecified atom stereocenters. The van der Waals surface area contributed by atoms with Crippen molar-refractivity contribution in [2.75, 3.05) is 5.75 Å². The third-order valence-corrected chi connectivity index (χ3v) is 4.37. The van der Waals surface area contributed by atoms with Gasteiger partial charge in [0.1, 0.15) is 0 Å². The van der Waals surface area contributed by atoms with E-state index in [0.717, 1.165) is 5.57 Å². The van der Waals surface area contributed by atoms with E-state index in [1.54, 1.807) is 32.0 Å². The van der Waals surface area contributed by atoms with Gasteiger partial charge < -0.3 is 0 Å². The molecule has 84 valence electrons. The van der Waals surface area contributed by atoms with Crippen molar-refractivity contribution < 1.29 is 13.2 Å². The van der Waals surface area contributed by atoms with Crippen molar-refractivity contribution in [3.8, 4) is 0 Å². The first-order chi connectivity index (χ1) is 7.43. The van der Waals surface area contributed by atoms with E-state index in [4.69, 9.17) is 0 Å². The van der Waals surface area contributed by atoms with Crippen LogP contribution in [0.3, 0.4) is 0 Å². The van der Waals surface area contributed by atoms with Crippen LogP contribution in [0.25, 0.3) is 0 Å². The quantitative estimate of drug-likeness (QED) is 0.647. The monoisotopic (exact) mass is 236 g/mol. The molecule has 2 rings (SSSR count). The van der Waals surface area contributed by atoms with Gasteiger partial charge in [-0.05, 0) is 26.0 Å². The zero-order chi connectivity index (χ0) is 11.9. The second-order valence-corrected chi connectivity index (χ2v) is 6.02. The molecular weight excluding hydrogens is 224 g/mol. The Kier molecular flexibility index (Phi) is 2.46. The van der Waals surface area contributed by atoms with Gasteiger partial charge in [-0.2, -0.15) is 0 Å². The summed E-state index contributed by atoms with van der Waals surface area (Å²) in [6.07, 6.45) is 0. The Hall–Kier alpha value is -1.42. The van der Waals surface area contributed by atoms with Crippen molar-refractivity contribution in [3.63, 3.8) is 0 Å². The Morgan fingerprint density at radius 3 is 2.44 bits per heavy atom. The van der Waals surface area contributed by atoms with E-state index in [1.807, 2.05) is 0 Å². The molecule has 0 saturated heterocycles. The fourth-order valence-electron chi connectivity index (χ4n) is 1.79. The van der Waals surface area contributed by atoms with E-state index in [2.05, 4.69) is 0 Å². The van der Waals surface area contributed by atoms with Crippen molar-refractivity contribution in [2.45, 2.75) is 18.7 Å². The summed E-state index contributed by atoms with van der Waals surface area (Å²) >= 11 is 0. The first-order valence-electron chi connectivity index (χ1n) is 4.96. The fraction of sp³-hybridized carbons (Fsp3) is 0.250. The number of hydrogen-bond acceptors (Lipinski definition) is 3. The average molecular weight is 236 g/mol. The van der Waals surface area contributed by atoms with Crippen LogP contribution in [0.4, 0.5) is 0 Å². The van der Waals surface area contributed by atoms with Crippen molar-refractivity contribution in [3.05, 3.63) is 41.0 Å². The first kappa shape index (κ1) is 11.1. The number of benzene rings is 1. The van der Waals surface area contributed by atoms with Gasteiger partial charge in [-0.25, -0.2) is 8.42 Å². The van der Waals surface area contributed by atoms with Crippen LogP contribution >= 0.6 is 0 Å². The molecule has 1 aromatic carbocycles. The van der Waals surface area contributed by atoms with Gasteiger partial charge in [0, 0.05) is 11.1 Å². The summed E-state index contributed by atoms with van der Waals surface area (Å²) in [5.74, 6) is -0.337. The average Bonchev–Trinajstić information content (AvgIpc) is 2.23. The van der Waals surface area contributed by atoms with Crippen LogP contribution in [-0.2, 0) is 9.84 Å². The van der Waals surface area contributed by atoms with Gasteiger partial charge in [-0.15, -0.1) is 0 Å². The van der Waals surface area contributed by atoms with Crippen LogP contribution in [0.15, 0.2) is 40.3 Å². The van der Waals surface area contributed by atoms with Crippen LogP contribution in [0.5, 0.6) is 0 Å². The molecule has 3 nitrogen and oxygen atoms in total. The molecule has 0 radical (unpaired) electrons. The smallest absolute Gasteiger partial charge is 0.191 e. The molecule has 0 amide bonds. The molecule has 1 aromatic rings. The second kappa shape index (κ2) is 3.56. The first-order valence-corrected chi connectivity index (χ1v) is 6.61. The van der Waals surface area contributed by atoms with Gasteiger partial charge in [-0.1, -0.05) is 17.7 Å². The van der Waals surface area contributed by atoms with Gasteiger partial charge in [0.2, 0.25) is 0 Å². The fourth-order valence-corrected chi connectivity index (χ4v) is 3.53. The van der Waals surface area contributed by atoms with Crippen molar-refractivity contribution in [1.29, 1.82) is 0 Å². The van der Waals surface area contributed by atoms with Crippen LogP contribution in [-0.4, -0.2) is 20.0 Å². The van der Waals surface area contributed by atoms with Crippen LogP contribution < -0.4 is 0 Å². The highest BCUT2D eigenvalue weighted by Crippen LogP contribution is 2.28. The van der Waals surface area contributed by atoms with Crippen molar-refractivity contribution in [1.82, 2.24) is 0 Å². The molecule has 0 N–H and O–H groups in total. The number of rotatable bonds is 0. The number of hydrogen-bond donors (Lipinski definition) is 0. The van der Waals surface area contributed by atoms with Gasteiger partial charge in [0.25, 0.3) is 0 Å². The van der Waals surface area contributed by atoms with Crippen LogP contribution in [0.1, 0.15) is 24.2 Å². The standard InChI is InChI=1S/C12H12O3S/c1-8(2)10-7-16(14,15)11-6-4-3-5-9(11)12(10)13/h3-6H,7H2,1-2H3. The predicted octanol–water partition coefficient (Wildman–Crippen LogP) is 1.99. The van der Waals surface area contributed by atoms with Gasteiger partial charge in [0.05, 0.1) is 10.6 Å². The maximum absolute atomic E-state index is 12.0. The zero-order valence-corrected chi connectivity index (χ0v) is 9.97. The summed E-state index contributed by atoms with van der Waals surface area (Å²) in [4.78, 5) is 12.2. The van der Waals surface area contributed by atoms with E-state index in [0.29, 0.717) is 11.1 Å². The molecule has 1 aliphatic heterocycles. The minimum absolute atomic E-state index is 0.157. The summed E-state index contributed by atoms with van der Waals surface area (Å²) in [5.41, 5.74) is 1.46. The summed E-state index contributed by atoms with van der Waals surface area (Å²) in [7, 11) is -3.35. The summed E-state index contributed by atoms with van der Waals surface area (Å²) in [5, 5.41) is 0. The molecule has 0 fully saturated rings. The molecule has 0 bridgehead atoms. The maximum Gasteiger partial charge on any atom is 0.191 e. The Labute approximate surface area is 94.7 Å². The molecular formula is C12H12O3S. The minimum atomic E-state index is -3.35. The highest BCUT2D eigenvalue weighted by molar-refractivity contribution is 7.91. The Bertz CT molecular complexity index is 590. The molecule has 0 aromatic heterocycles. The SMILES string of the molecule is CC(C)=C1CS(=O)(=O)c2ccccc2C1=O. The number of Topliss-reactive ketones (excluding diaryl/α,β-unsaturated/α-hetero) is 1. The van der Waals surface area contributed by atoms with Gasteiger partial charge in [0.15, 0.2) is 15.6 Å². The normalized spacial score (nSPS) is 18.1. The predicted molar refractivity (Wildman–Crippen MR) is 61.2 cm³/mol. The second-order valence-electron chi connectivity index (χ2n) is 4.06. The Morgan fingerprint density at radius 2 is 1.81 bits per heavy atom. The lowest BCUT2D eigenvalue weighted by atomic mass is 10.0. The third-order valence-electron chi connectivity index (χ3n) is 2.68. The largest absolute Gasteiger partial charge is 0.289 e. The van der Waals surface area contributed by atoms with E-state index >= 15 is 0 Å². The molecule has 1 aliphatic rings. The highest BCUT2D eigenvalue weighted by Gasteiger charge is 2.32. The van der Waals surface area contributed by atoms with Crippen LogP contribution in [0, 0.1) is 0 Å². The van der Waals surface area contributed by atoms with E-state index in [9.17, 15) is 13.2 Å². The van der Waals surface area contributed by atoms with Crippen LogP contribution in [0.2, 0.25) is 0 Å². The molecule has 0 saturated carbocycles. The summed E-state index contributed by atoms with van der Waals surface area (Å²) in [6, 6.07) is 6.37. The van der Waals surface area contributed by atoms with E-state index in [-0.39, 0.29) is 16.4 Å². The van der Waals surface area contributed by atoms with E-state index in [1.165, 1.54) is 6.07 Å².